The molecule has 8 nitrogen and oxygen atoms in total. The minimum Gasteiger partial charge on any atom is -0.472 e. The van der Waals surface area contributed by atoms with E-state index in [1.165, 1.54) is 12.5 Å². The average molecular weight is 406 g/mol. The highest BCUT2D eigenvalue weighted by Crippen LogP contribution is 2.20. The summed E-state index contributed by atoms with van der Waals surface area (Å²) >= 11 is 0. The first-order chi connectivity index (χ1) is 14.1. The van der Waals surface area contributed by atoms with E-state index in [-0.39, 0.29) is 36.2 Å². The molecule has 3 rings (SSSR count). The molecule has 2 aliphatic heterocycles. The molecule has 29 heavy (non-hydrogen) atoms. The van der Waals surface area contributed by atoms with E-state index in [2.05, 4.69) is 0 Å². The van der Waals surface area contributed by atoms with Crippen molar-refractivity contribution in [2.45, 2.75) is 45.1 Å². The summed E-state index contributed by atoms with van der Waals surface area (Å²) in [6.07, 6.45) is 6.32. The van der Waals surface area contributed by atoms with Crippen LogP contribution in [0.2, 0.25) is 0 Å². The molecule has 3 heterocycles. The molecule has 1 atom stereocenters. The molecule has 2 saturated heterocycles. The number of piperidine rings is 1. The van der Waals surface area contributed by atoms with E-state index in [9.17, 15) is 14.4 Å². The smallest absolute Gasteiger partial charge is 0.309 e. The molecule has 0 N–H and O–H groups in total. The minimum absolute atomic E-state index is 0.00430. The summed E-state index contributed by atoms with van der Waals surface area (Å²) in [6, 6.07) is 1.63. The lowest BCUT2D eigenvalue weighted by Gasteiger charge is -2.32. The Balaban J connectivity index is 1.51. The highest BCUT2D eigenvalue weighted by molar-refractivity contribution is 5.94. The predicted molar refractivity (Wildman–Crippen MR) is 104 cm³/mol. The number of carbonyl (C=O) groups is 3. The van der Waals surface area contributed by atoms with Crippen LogP contribution < -0.4 is 0 Å². The van der Waals surface area contributed by atoms with Crippen LogP contribution in [0.5, 0.6) is 0 Å². The fourth-order valence-corrected chi connectivity index (χ4v) is 3.89. The van der Waals surface area contributed by atoms with Gasteiger partial charge in [-0.3, -0.25) is 14.4 Å². The van der Waals surface area contributed by atoms with E-state index in [4.69, 9.17) is 13.9 Å². The molecule has 0 unspecified atom stereocenters. The third kappa shape index (κ3) is 5.82. The number of hydrogen-bond acceptors (Lipinski definition) is 6. The van der Waals surface area contributed by atoms with Gasteiger partial charge in [0.15, 0.2) is 0 Å². The van der Waals surface area contributed by atoms with Crippen molar-refractivity contribution in [1.29, 1.82) is 0 Å². The Hall–Kier alpha value is -2.35. The quantitative estimate of drug-likeness (QED) is 0.614. The number of likely N-dealkylation sites (tertiary alicyclic amines) is 1. The van der Waals surface area contributed by atoms with Crippen LogP contribution in [0.15, 0.2) is 23.0 Å². The van der Waals surface area contributed by atoms with Crippen molar-refractivity contribution in [2.75, 3.05) is 39.4 Å². The molecule has 2 aliphatic rings. The first-order valence-corrected chi connectivity index (χ1v) is 10.5. The van der Waals surface area contributed by atoms with E-state index in [1.807, 2.05) is 0 Å². The summed E-state index contributed by atoms with van der Waals surface area (Å²) < 4.78 is 15.8. The first kappa shape index (κ1) is 21.4. The summed E-state index contributed by atoms with van der Waals surface area (Å²) in [5, 5.41) is 0. The van der Waals surface area contributed by atoms with Gasteiger partial charge in [-0.15, -0.1) is 0 Å². The van der Waals surface area contributed by atoms with Crippen LogP contribution in [-0.4, -0.2) is 73.1 Å². The van der Waals surface area contributed by atoms with Crippen LogP contribution >= 0.6 is 0 Å². The maximum Gasteiger partial charge on any atom is 0.309 e. The fourth-order valence-electron chi connectivity index (χ4n) is 3.89. The zero-order chi connectivity index (χ0) is 20.6. The number of amides is 2. The summed E-state index contributed by atoms with van der Waals surface area (Å²) in [4.78, 5) is 40.8. The number of carbonyl (C=O) groups excluding carboxylic acids is 3. The van der Waals surface area contributed by atoms with Crippen molar-refractivity contribution >= 4 is 17.8 Å². The van der Waals surface area contributed by atoms with Crippen molar-refractivity contribution < 1.29 is 28.3 Å². The minimum atomic E-state index is -0.173. The van der Waals surface area contributed by atoms with Crippen LogP contribution in [0.1, 0.15) is 49.4 Å². The Morgan fingerprint density at radius 1 is 1.24 bits per heavy atom. The van der Waals surface area contributed by atoms with Crippen molar-refractivity contribution in [2.24, 2.45) is 5.92 Å². The number of esters is 1. The van der Waals surface area contributed by atoms with Gasteiger partial charge in [0.1, 0.15) is 6.26 Å². The van der Waals surface area contributed by atoms with Gasteiger partial charge < -0.3 is 23.7 Å². The van der Waals surface area contributed by atoms with Crippen molar-refractivity contribution in [3.63, 3.8) is 0 Å². The molecule has 1 aromatic heterocycles. The first-order valence-electron chi connectivity index (χ1n) is 10.5. The van der Waals surface area contributed by atoms with Crippen LogP contribution in [0.4, 0.5) is 0 Å². The lowest BCUT2D eigenvalue weighted by Crippen LogP contribution is -2.43. The topological polar surface area (TPSA) is 89.3 Å². The molecule has 2 amide bonds. The molecular weight excluding hydrogens is 376 g/mol. The van der Waals surface area contributed by atoms with Gasteiger partial charge in [-0.05, 0) is 38.7 Å². The number of hydrogen-bond donors (Lipinski definition) is 0. The SMILES string of the molecule is CCOC(=O)C1CCN(C(=O)CCN(C[C@H]2CCCO2)C(=O)c2ccoc2)CC1. The molecular formula is C21H30N2O6. The molecule has 0 aromatic carbocycles. The maximum atomic E-state index is 12.8. The average Bonchev–Trinajstić information content (AvgIpc) is 3.45. The van der Waals surface area contributed by atoms with Crippen molar-refractivity contribution in [1.82, 2.24) is 9.80 Å². The highest BCUT2D eigenvalue weighted by Gasteiger charge is 2.29. The normalized spacial score (nSPS) is 19.9. The van der Waals surface area contributed by atoms with Gasteiger partial charge in [0.2, 0.25) is 5.91 Å². The van der Waals surface area contributed by atoms with E-state index >= 15 is 0 Å². The van der Waals surface area contributed by atoms with Gasteiger partial charge in [-0.2, -0.15) is 0 Å². The van der Waals surface area contributed by atoms with Gasteiger partial charge in [0.25, 0.3) is 5.91 Å². The van der Waals surface area contributed by atoms with Gasteiger partial charge >= 0.3 is 5.97 Å². The third-order valence-corrected chi connectivity index (χ3v) is 5.57. The number of rotatable bonds is 8. The lowest BCUT2D eigenvalue weighted by atomic mass is 9.97. The van der Waals surface area contributed by atoms with Gasteiger partial charge in [-0.25, -0.2) is 0 Å². The fraction of sp³-hybridized carbons (Fsp3) is 0.667. The van der Waals surface area contributed by atoms with Crippen LogP contribution in [0, 0.1) is 5.92 Å². The van der Waals surface area contributed by atoms with E-state index in [0.29, 0.717) is 57.8 Å². The predicted octanol–water partition coefficient (Wildman–Crippen LogP) is 2.09. The number of nitrogens with zero attached hydrogens (tertiary/aromatic N) is 2. The summed E-state index contributed by atoms with van der Waals surface area (Å²) in [5.74, 6) is -0.446. The van der Waals surface area contributed by atoms with E-state index in [1.54, 1.807) is 22.8 Å². The van der Waals surface area contributed by atoms with E-state index < -0.39 is 0 Å². The molecule has 8 heteroatoms. The maximum absolute atomic E-state index is 12.8. The van der Waals surface area contributed by atoms with Crippen LogP contribution in [-0.2, 0) is 19.1 Å². The highest BCUT2D eigenvalue weighted by atomic mass is 16.5. The van der Waals surface area contributed by atoms with E-state index in [0.717, 1.165) is 12.8 Å². The molecule has 0 radical (unpaired) electrons. The Morgan fingerprint density at radius 2 is 2.03 bits per heavy atom. The summed E-state index contributed by atoms with van der Waals surface area (Å²) in [7, 11) is 0. The second-order valence-corrected chi connectivity index (χ2v) is 7.56. The standard InChI is InChI=1S/C21H30N2O6/c1-2-28-21(26)16-5-9-22(10-6-16)19(24)7-11-23(14-18-4-3-12-29-18)20(25)17-8-13-27-15-17/h8,13,15-16,18H,2-7,9-12,14H2,1H3/t18-/m1/s1. The lowest BCUT2D eigenvalue weighted by molar-refractivity contribution is -0.151. The molecule has 0 spiro atoms. The zero-order valence-corrected chi connectivity index (χ0v) is 17.0. The molecule has 160 valence electrons. The largest absolute Gasteiger partial charge is 0.472 e. The van der Waals surface area contributed by atoms with Crippen molar-refractivity contribution in [3.05, 3.63) is 24.2 Å². The third-order valence-electron chi connectivity index (χ3n) is 5.57. The second kappa shape index (κ2) is 10.4. The van der Waals surface area contributed by atoms with Crippen LogP contribution in [0.3, 0.4) is 0 Å². The van der Waals surface area contributed by atoms with Crippen molar-refractivity contribution in [3.8, 4) is 0 Å². The number of furan rings is 1. The Labute approximate surface area is 171 Å². The Bertz CT molecular complexity index is 675. The second-order valence-electron chi connectivity index (χ2n) is 7.56. The molecule has 1 aromatic rings. The monoisotopic (exact) mass is 406 g/mol. The van der Waals surface area contributed by atoms with Gasteiger partial charge in [0.05, 0.1) is 30.5 Å². The van der Waals surface area contributed by atoms with Gasteiger partial charge in [-0.1, -0.05) is 0 Å². The Morgan fingerprint density at radius 3 is 2.66 bits per heavy atom. The molecule has 0 bridgehead atoms. The van der Waals surface area contributed by atoms with Gasteiger partial charge in [0, 0.05) is 39.2 Å². The summed E-state index contributed by atoms with van der Waals surface area (Å²) in [6.45, 7) is 4.79. The molecule has 0 aliphatic carbocycles. The molecule has 0 saturated carbocycles. The van der Waals surface area contributed by atoms with Crippen LogP contribution in [0.25, 0.3) is 0 Å². The molecule has 2 fully saturated rings. The number of ether oxygens (including phenoxy) is 2. The Kier molecular flexibility index (Phi) is 7.69. The zero-order valence-electron chi connectivity index (χ0n) is 17.0. The summed E-state index contributed by atoms with van der Waals surface area (Å²) in [5.41, 5.74) is 0.477.